The summed E-state index contributed by atoms with van der Waals surface area (Å²) in [4.78, 5) is 0. The molecule has 2 aromatic heterocycles. The zero-order chi connectivity index (χ0) is 14.8. The minimum atomic E-state index is 1.34. The van der Waals surface area contributed by atoms with Crippen LogP contribution in [-0.2, 0) is 0 Å². The molecule has 22 heavy (non-hydrogen) atoms. The van der Waals surface area contributed by atoms with Crippen LogP contribution in [0.4, 0.5) is 0 Å². The van der Waals surface area contributed by atoms with Gasteiger partial charge in [-0.15, -0.1) is 22.7 Å². The van der Waals surface area contributed by atoms with Gasteiger partial charge in [0.25, 0.3) is 0 Å². The fourth-order valence-electron chi connectivity index (χ4n) is 3.24. The first-order valence-electron chi connectivity index (χ1n) is 7.43. The molecule has 0 atom stereocenters. The first-order valence-corrected chi connectivity index (χ1v) is 9.13. The van der Waals surface area contributed by atoms with Crippen LogP contribution >= 0.6 is 22.7 Å². The normalized spacial score (nSPS) is 12.1. The van der Waals surface area contributed by atoms with Crippen LogP contribution in [0, 0.1) is 13.8 Å². The van der Waals surface area contributed by atoms with E-state index in [9.17, 15) is 0 Å². The molecule has 0 amide bonds. The number of aryl methyl sites for hydroxylation is 2. The largest absolute Gasteiger partial charge is 0.144 e. The molecular weight excluding hydrogens is 304 g/mol. The van der Waals surface area contributed by atoms with Crippen LogP contribution in [0.25, 0.3) is 41.0 Å². The molecule has 0 bridgehead atoms. The Morgan fingerprint density at radius 3 is 2.23 bits per heavy atom. The fourth-order valence-corrected chi connectivity index (χ4v) is 5.27. The summed E-state index contributed by atoms with van der Waals surface area (Å²) in [6.07, 6.45) is 0. The van der Waals surface area contributed by atoms with Crippen molar-refractivity contribution in [3.05, 3.63) is 59.0 Å². The first-order chi connectivity index (χ1) is 10.7. The van der Waals surface area contributed by atoms with Crippen molar-refractivity contribution in [1.82, 2.24) is 0 Å². The fraction of sp³-hybridized carbons (Fsp3) is 0.100. The number of fused-ring (bicyclic) bond motifs is 5. The van der Waals surface area contributed by atoms with E-state index in [0.29, 0.717) is 0 Å². The Bertz CT molecular complexity index is 1190. The number of rotatable bonds is 0. The molecule has 106 valence electrons. The first kappa shape index (κ1) is 12.6. The summed E-state index contributed by atoms with van der Waals surface area (Å²) in [5, 5.41) is 9.01. The van der Waals surface area contributed by atoms with E-state index in [1.807, 2.05) is 22.7 Å². The molecule has 0 aliphatic heterocycles. The lowest BCUT2D eigenvalue weighted by Crippen LogP contribution is -1.78. The highest BCUT2D eigenvalue weighted by Gasteiger charge is 2.09. The second-order valence-corrected chi connectivity index (χ2v) is 8.07. The number of hydrogen-bond donors (Lipinski definition) is 0. The lowest BCUT2D eigenvalue weighted by atomic mass is 10.0. The average Bonchev–Trinajstić information content (AvgIpc) is 3.07. The van der Waals surface area contributed by atoms with Gasteiger partial charge in [-0.2, -0.15) is 0 Å². The molecule has 0 spiro atoms. The molecular formula is C20H14S2. The Kier molecular flexibility index (Phi) is 2.47. The average molecular weight is 318 g/mol. The Hall–Kier alpha value is -1.90. The maximum atomic E-state index is 2.37. The summed E-state index contributed by atoms with van der Waals surface area (Å²) in [6, 6.07) is 16.3. The number of hydrogen-bond acceptors (Lipinski definition) is 2. The molecule has 5 rings (SSSR count). The zero-order valence-corrected chi connectivity index (χ0v) is 14.1. The van der Waals surface area contributed by atoms with E-state index < -0.39 is 0 Å². The van der Waals surface area contributed by atoms with Crippen LogP contribution in [-0.4, -0.2) is 0 Å². The maximum Gasteiger partial charge on any atom is 0.0361 e. The van der Waals surface area contributed by atoms with Crippen molar-refractivity contribution < 1.29 is 0 Å². The summed E-state index contributed by atoms with van der Waals surface area (Å²) < 4.78 is 4.17. The molecule has 2 heterocycles. The van der Waals surface area contributed by atoms with Crippen molar-refractivity contribution in [3.8, 4) is 0 Å². The second kappa shape index (κ2) is 4.31. The topological polar surface area (TPSA) is 0 Å². The Morgan fingerprint density at radius 1 is 0.636 bits per heavy atom. The van der Waals surface area contributed by atoms with E-state index in [1.54, 1.807) is 0 Å². The van der Waals surface area contributed by atoms with E-state index in [-0.39, 0.29) is 0 Å². The van der Waals surface area contributed by atoms with E-state index >= 15 is 0 Å². The smallest absolute Gasteiger partial charge is 0.0361 e. The minimum Gasteiger partial charge on any atom is -0.144 e. The predicted molar refractivity (Wildman–Crippen MR) is 102 cm³/mol. The molecule has 0 nitrogen and oxygen atoms in total. The Labute approximate surface area is 136 Å². The predicted octanol–water partition coefficient (Wildman–Crippen LogP) is 7.04. The van der Waals surface area contributed by atoms with Crippen molar-refractivity contribution in [2.75, 3.05) is 0 Å². The van der Waals surface area contributed by atoms with E-state index in [2.05, 4.69) is 61.7 Å². The number of benzene rings is 3. The van der Waals surface area contributed by atoms with E-state index in [0.717, 1.165) is 0 Å². The molecule has 0 radical (unpaired) electrons. The van der Waals surface area contributed by atoms with Crippen LogP contribution in [0.1, 0.15) is 11.1 Å². The van der Waals surface area contributed by atoms with Gasteiger partial charge in [-0.05, 0) is 89.0 Å². The second-order valence-electron chi connectivity index (χ2n) is 6.04. The van der Waals surface area contributed by atoms with E-state index in [4.69, 9.17) is 0 Å². The summed E-state index contributed by atoms with van der Waals surface area (Å²) in [5.41, 5.74) is 2.75. The van der Waals surface area contributed by atoms with E-state index in [1.165, 1.54) is 52.2 Å². The highest BCUT2D eigenvalue weighted by Crippen LogP contribution is 2.38. The molecule has 3 aromatic carbocycles. The van der Waals surface area contributed by atoms with Crippen LogP contribution in [0.15, 0.2) is 47.8 Å². The van der Waals surface area contributed by atoms with Gasteiger partial charge in [0.05, 0.1) is 0 Å². The molecule has 0 aliphatic rings. The summed E-state index contributed by atoms with van der Waals surface area (Å²) in [6.45, 7) is 4.40. The van der Waals surface area contributed by atoms with Gasteiger partial charge in [0.2, 0.25) is 0 Å². The minimum absolute atomic E-state index is 1.34. The lowest BCUT2D eigenvalue weighted by molar-refractivity contribution is 1.37. The van der Waals surface area contributed by atoms with Crippen LogP contribution in [0.5, 0.6) is 0 Å². The summed E-state index contributed by atoms with van der Waals surface area (Å²) in [7, 11) is 0. The molecule has 0 unspecified atom stereocenters. The van der Waals surface area contributed by atoms with Crippen molar-refractivity contribution in [3.63, 3.8) is 0 Å². The summed E-state index contributed by atoms with van der Waals surface area (Å²) in [5.74, 6) is 0. The quantitative estimate of drug-likeness (QED) is 0.287. The third-order valence-electron chi connectivity index (χ3n) is 4.62. The molecule has 0 aliphatic carbocycles. The molecule has 0 N–H and O–H groups in total. The van der Waals surface area contributed by atoms with Crippen molar-refractivity contribution >= 4 is 63.7 Å². The Balaban J connectivity index is 1.97. The lowest BCUT2D eigenvalue weighted by Gasteiger charge is -2.01. The third-order valence-corrected chi connectivity index (χ3v) is 6.61. The highest BCUT2D eigenvalue weighted by molar-refractivity contribution is 7.25. The molecule has 0 fully saturated rings. The Morgan fingerprint density at radius 2 is 1.32 bits per heavy atom. The molecule has 0 saturated heterocycles. The number of thiophene rings is 2. The van der Waals surface area contributed by atoms with Crippen LogP contribution in [0.3, 0.4) is 0 Å². The van der Waals surface area contributed by atoms with Crippen molar-refractivity contribution in [2.24, 2.45) is 0 Å². The van der Waals surface area contributed by atoms with Gasteiger partial charge in [0, 0.05) is 24.9 Å². The van der Waals surface area contributed by atoms with Crippen molar-refractivity contribution in [1.29, 1.82) is 0 Å². The molecule has 2 heteroatoms. The zero-order valence-electron chi connectivity index (χ0n) is 12.4. The van der Waals surface area contributed by atoms with Gasteiger partial charge in [0.1, 0.15) is 0 Å². The molecule has 5 aromatic rings. The third kappa shape index (κ3) is 1.68. The highest BCUT2D eigenvalue weighted by atomic mass is 32.1. The SMILES string of the molecule is Cc1cc2sc3cc4cc5sccc5cc4cc3c2cc1C. The standard InChI is InChI=1S/C20H14S2/c1-11-5-16-17-8-14-7-13-3-4-21-18(13)9-15(14)10-20(17)22-19(16)6-12(11)2/h3-10H,1-2H3. The van der Waals surface area contributed by atoms with Crippen LogP contribution < -0.4 is 0 Å². The van der Waals surface area contributed by atoms with Gasteiger partial charge in [-0.3, -0.25) is 0 Å². The van der Waals surface area contributed by atoms with Gasteiger partial charge in [-0.1, -0.05) is 0 Å². The van der Waals surface area contributed by atoms with Gasteiger partial charge in [0.15, 0.2) is 0 Å². The monoisotopic (exact) mass is 318 g/mol. The molecule has 0 saturated carbocycles. The maximum absolute atomic E-state index is 2.37. The summed E-state index contributed by atoms with van der Waals surface area (Å²) >= 11 is 3.73. The van der Waals surface area contributed by atoms with Crippen molar-refractivity contribution in [2.45, 2.75) is 13.8 Å². The van der Waals surface area contributed by atoms with Gasteiger partial charge in [-0.25, -0.2) is 0 Å². The van der Waals surface area contributed by atoms with Gasteiger partial charge < -0.3 is 0 Å². The van der Waals surface area contributed by atoms with Gasteiger partial charge >= 0.3 is 0 Å². The van der Waals surface area contributed by atoms with Crippen LogP contribution in [0.2, 0.25) is 0 Å².